The van der Waals surface area contributed by atoms with E-state index in [1.165, 1.54) is 10.4 Å². The maximum absolute atomic E-state index is 3.90. The van der Waals surface area contributed by atoms with E-state index in [0.717, 1.165) is 11.3 Å². The number of hydrogen-bond donors (Lipinski definition) is 0. The zero-order chi connectivity index (χ0) is 9.10. The van der Waals surface area contributed by atoms with Gasteiger partial charge in [0.1, 0.15) is 0 Å². The average molecular weight is 187 g/mol. The van der Waals surface area contributed by atoms with Gasteiger partial charge in [0, 0.05) is 16.2 Å². The zero-order valence-electron chi connectivity index (χ0n) is 7.36. The molecule has 2 aromatic rings. The van der Waals surface area contributed by atoms with Crippen LogP contribution in [0.25, 0.3) is 0 Å². The lowest BCUT2D eigenvalue weighted by Gasteiger charge is -1.96. The second-order valence-corrected chi connectivity index (χ2v) is 4.28. The monoisotopic (exact) mass is 187 g/mol. The van der Waals surface area contributed by atoms with E-state index in [2.05, 4.69) is 43.3 Å². The summed E-state index contributed by atoms with van der Waals surface area (Å²) in [6.07, 6.45) is 1.03. The summed E-state index contributed by atoms with van der Waals surface area (Å²) in [6, 6.07) is 14.7. The van der Waals surface area contributed by atoms with Crippen LogP contribution in [0, 0.1) is 6.92 Å². The van der Waals surface area contributed by atoms with Crippen molar-refractivity contribution in [3.63, 3.8) is 0 Å². The summed E-state index contributed by atoms with van der Waals surface area (Å²) in [7, 11) is 0. The molecule has 1 aromatic carbocycles. The number of hydrogen-bond acceptors (Lipinski definition) is 1. The fourth-order valence-electron chi connectivity index (χ4n) is 1.31. The van der Waals surface area contributed by atoms with Crippen molar-refractivity contribution in [1.82, 2.24) is 0 Å². The van der Waals surface area contributed by atoms with Gasteiger partial charge in [0.25, 0.3) is 0 Å². The Labute approximate surface area is 82.9 Å². The third-order valence-corrected chi connectivity index (χ3v) is 2.88. The van der Waals surface area contributed by atoms with Gasteiger partial charge in [0.15, 0.2) is 0 Å². The predicted molar refractivity (Wildman–Crippen MR) is 58.0 cm³/mol. The number of rotatable bonds is 2. The van der Waals surface area contributed by atoms with Crippen LogP contribution in [0.15, 0.2) is 42.5 Å². The van der Waals surface area contributed by atoms with E-state index in [-0.39, 0.29) is 0 Å². The first-order chi connectivity index (χ1) is 6.34. The molecule has 1 heteroatoms. The molecule has 0 amide bonds. The van der Waals surface area contributed by atoms with Gasteiger partial charge in [0.05, 0.1) is 0 Å². The molecule has 1 aromatic heterocycles. The highest BCUT2D eigenvalue weighted by molar-refractivity contribution is 7.12. The molecule has 0 fully saturated rings. The predicted octanol–water partition coefficient (Wildman–Crippen LogP) is 3.52. The summed E-state index contributed by atoms with van der Waals surface area (Å²) in [6.45, 7) is 3.90. The first-order valence-corrected chi connectivity index (χ1v) is 5.11. The van der Waals surface area contributed by atoms with E-state index in [1.807, 2.05) is 6.07 Å². The summed E-state index contributed by atoms with van der Waals surface area (Å²) in [5.74, 6) is 0. The third-order valence-electron chi connectivity index (χ3n) is 1.94. The lowest BCUT2D eigenvalue weighted by atomic mass is 10.1. The minimum atomic E-state index is 1.03. The average Bonchev–Trinajstić information content (AvgIpc) is 2.53. The SMILES string of the molecule is [CH2]c1ccc(Cc2ccccc2)s1. The maximum atomic E-state index is 3.90. The van der Waals surface area contributed by atoms with Crippen molar-refractivity contribution >= 4 is 11.3 Å². The van der Waals surface area contributed by atoms with Crippen LogP contribution >= 0.6 is 11.3 Å². The van der Waals surface area contributed by atoms with Crippen LogP contribution in [0.3, 0.4) is 0 Å². The van der Waals surface area contributed by atoms with E-state index in [9.17, 15) is 0 Å². The van der Waals surface area contributed by atoms with Crippen molar-refractivity contribution in [3.8, 4) is 0 Å². The van der Waals surface area contributed by atoms with Crippen LogP contribution in [-0.2, 0) is 6.42 Å². The summed E-state index contributed by atoms with van der Waals surface area (Å²) in [5, 5.41) is 0. The zero-order valence-corrected chi connectivity index (χ0v) is 8.18. The van der Waals surface area contributed by atoms with Gasteiger partial charge in [-0.25, -0.2) is 0 Å². The van der Waals surface area contributed by atoms with Gasteiger partial charge in [-0.05, 0) is 24.6 Å². The molecule has 0 spiro atoms. The fourth-order valence-corrected chi connectivity index (χ4v) is 2.16. The third kappa shape index (κ3) is 2.19. The molecule has 1 heterocycles. The lowest BCUT2D eigenvalue weighted by molar-refractivity contribution is 1.24. The van der Waals surface area contributed by atoms with Gasteiger partial charge in [-0.1, -0.05) is 30.3 Å². The van der Waals surface area contributed by atoms with Crippen LogP contribution in [0.5, 0.6) is 0 Å². The van der Waals surface area contributed by atoms with Crippen molar-refractivity contribution in [1.29, 1.82) is 0 Å². The molecule has 0 atom stereocenters. The summed E-state index contributed by atoms with van der Waals surface area (Å²) in [5.41, 5.74) is 1.37. The molecular formula is C12H11S. The standard InChI is InChI=1S/C12H11S/c1-10-7-8-12(13-10)9-11-5-3-2-4-6-11/h2-8H,1,9H2. The topological polar surface area (TPSA) is 0 Å². The molecule has 0 aliphatic rings. The van der Waals surface area contributed by atoms with Gasteiger partial charge in [-0.3, -0.25) is 0 Å². The molecular weight excluding hydrogens is 176 g/mol. The van der Waals surface area contributed by atoms with Gasteiger partial charge in [-0.2, -0.15) is 0 Å². The van der Waals surface area contributed by atoms with Crippen LogP contribution in [-0.4, -0.2) is 0 Å². The Morgan fingerprint density at radius 2 is 1.77 bits per heavy atom. The van der Waals surface area contributed by atoms with Crippen molar-refractivity contribution in [2.45, 2.75) is 6.42 Å². The Kier molecular flexibility index (Phi) is 2.46. The van der Waals surface area contributed by atoms with Crippen LogP contribution in [0.2, 0.25) is 0 Å². The minimum absolute atomic E-state index is 1.03. The first kappa shape index (κ1) is 8.52. The Bertz CT molecular complexity index is 373. The van der Waals surface area contributed by atoms with Crippen molar-refractivity contribution in [3.05, 3.63) is 64.7 Å². The second kappa shape index (κ2) is 3.75. The van der Waals surface area contributed by atoms with Gasteiger partial charge in [-0.15, -0.1) is 11.3 Å². The Balaban J connectivity index is 2.15. The van der Waals surface area contributed by atoms with Crippen LogP contribution in [0.4, 0.5) is 0 Å². The first-order valence-electron chi connectivity index (χ1n) is 4.29. The molecule has 0 saturated carbocycles. The van der Waals surface area contributed by atoms with Crippen molar-refractivity contribution < 1.29 is 0 Å². The van der Waals surface area contributed by atoms with Crippen LogP contribution in [0.1, 0.15) is 15.3 Å². The molecule has 0 unspecified atom stereocenters. The fraction of sp³-hybridized carbons (Fsp3) is 0.0833. The maximum Gasteiger partial charge on any atom is 0.00919 e. The Morgan fingerprint density at radius 1 is 1.00 bits per heavy atom. The van der Waals surface area contributed by atoms with E-state index in [0.29, 0.717) is 0 Å². The molecule has 0 aliphatic carbocycles. The summed E-state index contributed by atoms with van der Waals surface area (Å²) >= 11 is 1.77. The largest absolute Gasteiger partial charge is 0.145 e. The molecule has 65 valence electrons. The van der Waals surface area contributed by atoms with Crippen molar-refractivity contribution in [2.24, 2.45) is 0 Å². The van der Waals surface area contributed by atoms with E-state index in [4.69, 9.17) is 0 Å². The van der Waals surface area contributed by atoms with E-state index >= 15 is 0 Å². The summed E-state index contributed by atoms with van der Waals surface area (Å²) < 4.78 is 0. The molecule has 0 N–H and O–H groups in total. The minimum Gasteiger partial charge on any atom is -0.145 e. The highest BCUT2D eigenvalue weighted by Gasteiger charge is 1.97. The molecule has 1 radical (unpaired) electrons. The molecule has 2 rings (SSSR count). The quantitative estimate of drug-likeness (QED) is 0.674. The molecule has 0 nitrogen and oxygen atoms in total. The Morgan fingerprint density at radius 3 is 2.38 bits per heavy atom. The Hall–Kier alpha value is -1.08. The molecule has 0 saturated heterocycles. The van der Waals surface area contributed by atoms with E-state index < -0.39 is 0 Å². The molecule has 0 aliphatic heterocycles. The van der Waals surface area contributed by atoms with Gasteiger partial charge in [0.2, 0.25) is 0 Å². The molecule has 13 heavy (non-hydrogen) atoms. The highest BCUT2D eigenvalue weighted by atomic mass is 32.1. The summed E-state index contributed by atoms with van der Waals surface area (Å²) in [4.78, 5) is 2.53. The lowest BCUT2D eigenvalue weighted by Crippen LogP contribution is -1.81. The smallest absolute Gasteiger partial charge is 0.00919 e. The number of thiophene rings is 1. The molecule has 0 bridgehead atoms. The van der Waals surface area contributed by atoms with Gasteiger partial charge >= 0.3 is 0 Å². The normalized spacial score (nSPS) is 10.2. The van der Waals surface area contributed by atoms with Crippen LogP contribution < -0.4 is 0 Å². The number of benzene rings is 1. The van der Waals surface area contributed by atoms with Crippen molar-refractivity contribution in [2.75, 3.05) is 0 Å². The highest BCUT2D eigenvalue weighted by Crippen LogP contribution is 2.18. The van der Waals surface area contributed by atoms with Gasteiger partial charge < -0.3 is 0 Å². The van der Waals surface area contributed by atoms with E-state index in [1.54, 1.807) is 11.3 Å². The second-order valence-electron chi connectivity index (χ2n) is 3.03.